The molecule has 8 nitrogen and oxygen atoms in total. The Hall–Kier alpha value is -3.94. The molecule has 0 bridgehead atoms. The normalized spacial score (nSPS) is 12.8. The summed E-state index contributed by atoms with van der Waals surface area (Å²) >= 11 is 0. The van der Waals surface area contributed by atoms with Crippen molar-refractivity contribution in [3.8, 4) is 5.75 Å². The summed E-state index contributed by atoms with van der Waals surface area (Å²) in [5, 5.41) is 3.74. The minimum absolute atomic E-state index is 0.0257. The maximum absolute atomic E-state index is 12.6. The molecule has 2 aromatic carbocycles. The smallest absolute Gasteiger partial charge is 0.342 e. The van der Waals surface area contributed by atoms with Gasteiger partial charge in [-0.3, -0.25) is 14.5 Å². The van der Waals surface area contributed by atoms with Gasteiger partial charge in [0, 0.05) is 6.07 Å². The molecule has 152 valence electrons. The molecule has 0 saturated heterocycles. The molecule has 2 heterocycles. The molecule has 4 rings (SSSR count). The molecule has 1 aromatic heterocycles. The topological polar surface area (TPSA) is 98.9 Å². The van der Waals surface area contributed by atoms with E-state index in [1.165, 1.54) is 7.11 Å². The summed E-state index contributed by atoms with van der Waals surface area (Å²) in [4.78, 5) is 38.9. The van der Waals surface area contributed by atoms with Crippen molar-refractivity contribution in [3.05, 3.63) is 82.2 Å². The molecule has 1 aliphatic rings. The second-order valence-electron chi connectivity index (χ2n) is 6.79. The van der Waals surface area contributed by atoms with Gasteiger partial charge < -0.3 is 14.0 Å². The first kappa shape index (κ1) is 19.4. The Morgan fingerprint density at radius 3 is 2.37 bits per heavy atom. The van der Waals surface area contributed by atoms with Crippen LogP contribution in [0.2, 0.25) is 0 Å². The van der Waals surface area contributed by atoms with Crippen LogP contribution >= 0.6 is 0 Å². The molecule has 0 unspecified atom stereocenters. The monoisotopic (exact) mass is 406 g/mol. The predicted molar refractivity (Wildman–Crippen MR) is 104 cm³/mol. The summed E-state index contributed by atoms with van der Waals surface area (Å²) < 4.78 is 15.6. The van der Waals surface area contributed by atoms with Crippen LogP contribution in [0.25, 0.3) is 0 Å². The van der Waals surface area contributed by atoms with E-state index in [0.717, 1.165) is 4.90 Å². The number of esters is 1. The lowest BCUT2D eigenvalue weighted by Crippen LogP contribution is -2.29. The second-order valence-corrected chi connectivity index (χ2v) is 6.79. The zero-order valence-corrected chi connectivity index (χ0v) is 16.4. The minimum atomic E-state index is -0.620. The van der Waals surface area contributed by atoms with Crippen LogP contribution in [0.4, 0.5) is 0 Å². The Morgan fingerprint density at radius 2 is 1.77 bits per heavy atom. The van der Waals surface area contributed by atoms with Gasteiger partial charge in [-0.15, -0.1) is 0 Å². The van der Waals surface area contributed by atoms with E-state index in [0.29, 0.717) is 33.9 Å². The van der Waals surface area contributed by atoms with Gasteiger partial charge >= 0.3 is 5.97 Å². The number of nitrogens with zero attached hydrogens (tertiary/aromatic N) is 2. The van der Waals surface area contributed by atoms with Crippen LogP contribution in [-0.2, 0) is 17.9 Å². The summed E-state index contributed by atoms with van der Waals surface area (Å²) in [6, 6.07) is 13.2. The van der Waals surface area contributed by atoms with Gasteiger partial charge in [-0.25, -0.2) is 4.79 Å². The van der Waals surface area contributed by atoms with E-state index in [-0.39, 0.29) is 30.5 Å². The average molecular weight is 406 g/mol. The van der Waals surface area contributed by atoms with Gasteiger partial charge in [0.15, 0.2) is 12.4 Å². The molecule has 2 amide bonds. The van der Waals surface area contributed by atoms with E-state index in [4.69, 9.17) is 14.0 Å². The predicted octanol–water partition coefficient (Wildman–Crippen LogP) is 3.14. The van der Waals surface area contributed by atoms with Gasteiger partial charge in [-0.1, -0.05) is 23.4 Å². The Bertz CT molecular complexity index is 1120. The molecule has 1 aliphatic heterocycles. The van der Waals surface area contributed by atoms with Gasteiger partial charge in [0.05, 0.1) is 30.5 Å². The van der Waals surface area contributed by atoms with Crippen molar-refractivity contribution in [2.45, 2.75) is 20.1 Å². The third kappa shape index (κ3) is 3.55. The van der Waals surface area contributed by atoms with E-state index >= 15 is 0 Å². The van der Waals surface area contributed by atoms with Crippen molar-refractivity contribution in [2.75, 3.05) is 7.11 Å². The molecular weight excluding hydrogens is 388 g/mol. The number of fused-ring (bicyclic) bond motifs is 1. The summed E-state index contributed by atoms with van der Waals surface area (Å²) in [5.41, 5.74) is 2.20. The van der Waals surface area contributed by atoms with E-state index in [2.05, 4.69) is 5.16 Å². The Balaban J connectivity index is 1.53. The summed E-state index contributed by atoms with van der Waals surface area (Å²) in [6.45, 7) is 1.71. The fourth-order valence-electron chi connectivity index (χ4n) is 3.28. The number of hydrogen-bond donors (Lipinski definition) is 0. The fraction of sp³-hybridized carbons (Fsp3) is 0.182. The zero-order valence-electron chi connectivity index (χ0n) is 16.4. The molecule has 8 heteroatoms. The van der Waals surface area contributed by atoms with Crippen molar-refractivity contribution in [3.63, 3.8) is 0 Å². The highest BCUT2D eigenvalue weighted by molar-refractivity contribution is 6.21. The number of amides is 2. The highest BCUT2D eigenvalue weighted by Gasteiger charge is 2.35. The number of aromatic nitrogens is 1. The van der Waals surface area contributed by atoms with E-state index < -0.39 is 5.97 Å². The first-order valence-electron chi connectivity index (χ1n) is 9.19. The standard InChI is InChI=1S/C22H18N2O6/c1-13-9-15(30-23-13)12-29-22(27)18-10-14(7-8-19(18)28-2)11-24-20(25)16-5-3-4-6-17(16)21(24)26/h3-10H,11-12H2,1-2H3. The Morgan fingerprint density at radius 1 is 1.07 bits per heavy atom. The lowest BCUT2D eigenvalue weighted by atomic mass is 10.1. The van der Waals surface area contributed by atoms with Crippen molar-refractivity contribution in [1.29, 1.82) is 0 Å². The molecule has 0 atom stereocenters. The molecule has 30 heavy (non-hydrogen) atoms. The number of methoxy groups -OCH3 is 1. The van der Waals surface area contributed by atoms with Gasteiger partial charge in [0.25, 0.3) is 11.8 Å². The summed E-state index contributed by atoms with van der Waals surface area (Å²) in [5.74, 6) is -0.612. The molecule has 3 aromatic rings. The van der Waals surface area contributed by atoms with Gasteiger partial charge in [0.2, 0.25) is 0 Å². The van der Waals surface area contributed by atoms with Crippen LogP contribution in [0.3, 0.4) is 0 Å². The number of carbonyl (C=O) groups is 3. The van der Waals surface area contributed by atoms with E-state index in [1.54, 1.807) is 55.5 Å². The van der Waals surface area contributed by atoms with E-state index in [1.807, 2.05) is 0 Å². The van der Waals surface area contributed by atoms with Gasteiger partial charge in [-0.2, -0.15) is 0 Å². The number of ether oxygens (including phenoxy) is 2. The molecule has 0 N–H and O–H groups in total. The van der Waals surface area contributed by atoms with Crippen LogP contribution in [0.15, 0.2) is 53.1 Å². The number of imide groups is 1. The van der Waals surface area contributed by atoms with Crippen LogP contribution in [-0.4, -0.2) is 35.0 Å². The molecule has 0 fully saturated rings. The number of hydrogen-bond acceptors (Lipinski definition) is 7. The highest BCUT2D eigenvalue weighted by Crippen LogP contribution is 2.27. The quantitative estimate of drug-likeness (QED) is 0.458. The minimum Gasteiger partial charge on any atom is -0.496 e. The summed E-state index contributed by atoms with van der Waals surface area (Å²) in [7, 11) is 1.44. The highest BCUT2D eigenvalue weighted by atomic mass is 16.6. The molecule has 0 spiro atoms. The second kappa shape index (κ2) is 7.82. The van der Waals surface area contributed by atoms with Crippen LogP contribution in [0.1, 0.15) is 48.1 Å². The molecular formula is C22H18N2O6. The van der Waals surface area contributed by atoms with Crippen molar-refractivity contribution >= 4 is 17.8 Å². The number of benzene rings is 2. The number of aryl methyl sites for hydroxylation is 1. The maximum atomic E-state index is 12.6. The molecule has 0 radical (unpaired) electrons. The number of rotatable bonds is 6. The molecule has 0 saturated carbocycles. The van der Waals surface area contributed by atoms with Crippen LogP contribution in [0, 0.1) is 6.92 Å². The SMILES string of the molecule is COc1ccc(CN2C(=O)c3ccccc3C2=O)cc1C(=O)OCc1cc(C)no1. The lowest BCUT2D eigenvalue weighted by molar-refractivity contribution is 0.0433. The number of carbonyl (C=O) groups excluding carboxylic acids is 3. The maximum Gasteiger partial charge on any atom is 0.342 e. The first-order valence-corrected chi connectivity index (χ1v) is 9.19. The van der Waals surface area contributed by atoms with Gasteiger partial charge in [-0.05, 0) is 36.8 Å². The average Bonchev–Trinajstić information content (AvgIpc) is 3.28. The van der Waals surface area contributed by atoms with Gasteiger partial charge in [0.1, 0.15) is 11.3 Å². The van der Waals surface area contributed by atoms with Crippen LogP contribution in [0.5, 0.6) is 5.75 Å². The molecule has 0 aliphatic carbocycles. The fourth-order valence-corrected chi connectivity index (χ4v) is 3.28. The van der Waals surface area contributed by atoms with Crippen molar-refractivity contribution < 1.29 is 28.4 Å². The van der Waals surface area contributed by atoms with Crippen molar-refractivity contribution in [2.24, 2.45) is 0 Å². The third-order valence-electron chi connectivity index (χ3n) is 4.72. The largest absolute Gasteiger partial charge is 0.496 e. The van der Waals surface area contributed by atoms with Crippen LogP contribution < -0.4 is 4.74 Å². The third-order valence-corrected chi connectivity index (χ3v) is 4.72. The Labute approximate surface area is 172 Å². The van der Waals surface area contributed by atoms with Crippen molar-refractivity contribution in [1.82, 2.24) is 10.1 Å². The Kier molecular flexibility index (Phi) is 5.05. The van der Waals surface area contributed by atoms with E-state index in [9.17, 15) is 14.4 Å². The lowest BCUT2D eigenvalue weighted by Gasteiger charge is -2.15. The zero-order chi connectivity index (χ0) is 21.3. The first-order chi connectivity index (χ1) is 14.5. The summed E-state index contributed by atoms with van der Waals surface area (Å²) in [6.07, 6.45) is 0.